The van der Waals surface area contributed by atoms with E-state index in [-0.39, 0.29) is 18.1 Å². The van der Waals surface area contributed by atoms with Crippen LogP contribution in [0.15, 0.2) is 18.3 Å². The Morgan fingerprint density at radius 2 is 2.21 bits per heavy atom. The Morgan fingerprint density at radius 3 is 2.79 bits per heavy atom. The van der Waals surface area contributed by atoms with Crippen molar-refractivity contribution in [2.45, 2.75) is 26.3 Å². The molecule has 0 aliphatic rings. The van der Waals surface area contributed by atoms with Gasteiger partial charge < -0.3 is 15.1 Å². The second-order valence-electron chi connectivity index (χ2n) is 3.17. The minimum absolute atomic E-state index is 0.0417. The van der Waals surface area contributed by atoms with Gasteiger partial charge in [-0.3, -0.25) is 4.79 Å². The molecule has 1 heterocycles. The largest absolute Gasteiger partial charge is 0.364 e. The SMILES string of the molecule is CC(=O)CCC(=O)NCc1ccc[nH]1. The maximum atomic E-state index is 11.2. The van der Waals surface area contributed by atoms with Gasteiger partial charge in [-0.05, 0) is 19.1 Å². The summed E-state index contributed by atoms with van der Waals surface area (Å²) >= 11 is 0. The Labute approximate surface area is 82.7 Å². The average Bonchev–Trinajstić information content (AvgIpc) is 2.63. The number of hydrogen-bond donors (Lipinski definition) is 2. The summed E-state index contributed by atoms with van der Waals surface area (Å²) in [5.41, 5.74) is 0.959. The van der Waals surface area contributed by atoms with E-state index in [1.54, 1.807) is 6.20 Å². The van der Waals surface area contributed by atoms with Gasteiger partial charge in [-0.25, -0.2) is 0 Å². The number of carbonyl (C=O) groups excluding carboxylic acids is 2. The summed E-state index contributed by atoms with van der Waals surface area (Å²) in [4.78, 5) is 24.7. The summed E-state index contributed by atoms with van der Waals surface area (Å²) in [6.45, 7) is 1.97. The molecule has 0 fully saturated rings. The molecule has 1 amide bonds. The predicted octanol–water partition coefficient (Wildman–Crippen LogP) is 1.00. The van der Waals surface area contributed by atoms with Gasteiger partial charge in [0.15, 0.2) is 0 Å². The Morgan fingerprint density at radius 1 is 1.43 bits per heavy atom. The third-order valence-electron chi connectivity index (χ3n) is 1.84. The highest BCUT2D eigenvalue weighted by molar-refractivity contribution is 5.83. The molecule has 0 aliphatic carbocycles. The third kappa shape index (κ3) is 3.89. The zero-order valence-corrected chi connectivity index (χ0v) is 8.17. The molecule has 0 aromatic carbocycles. The fraction of sp³-hybridized carbons (Fsp3) is 0.400. The lowest BCUT2D eigenvalue weighted by Crippen LogP contribution is -2.23. The molecule has 1 rings (SSSR count). The molecule has 4 nitrogen and oxygen atoms in total. The number of nitrogens with one attached hydrogen (secondary N) is 2. The van der Waals surface area contributed by atoms with Crippen LogP contribution < -0.4 is 5.32 Å². The maximum Gasteiger partial charge on any atom is 0.220 e. The lowest BCUT2D eigenvalue weighted by Gasteiger charge is -2.02. The highest BCUT2D eigenvalue weighted by atomic mass is 16.2. The molecular formula is C10H14N2O2. The minimum atomic E-state index is -0.0881. The fourth-order valence-electron chi connectivity index (χ4n) is 1.05. The van der Waals surface area contributed by atoms with Crippen LogP contribution in [-0.2, 0) is 16.1 Å². The Kier molecular flexibility index (Phi) is 3.91. The van der Waals surface area contributed by atoms with E-state index in [4.69, 9.17) is 0 Å². The lowest BCUT2D eigenvalue weighted by molar-refractivity contribution is -0.124. The van der Waals surface area contributed by atoms with Gasteiger partial charge >= 0.3 is 0 Å². The molecule has 0 bridgehead atoms. The van der Waals surface area contributed by atoms with Crippen LogP contribution in [0.3, 0.4) is 0 Å². The van der Waals surface area contributed by atoms with E-state index in [2.05, 4.69) is 10.3 Å². The van der Waals surface area contributed by atoms with Crippen LogP contribution in [0.1, 0.15) is 25.5 Å². The number of aromatic amines is 1. The van der Waals surface area contributed by atoms with Gasteiger partial charge in [0.05, 0.1) is 6.54 Å². The number of aromatic nitrogens is 1. The van der Waals surface area contributed by atoms with Crippen molar-refractivity contribution >= 4 is 11.7 Å². The molecular weight excluding hydrogens is 180 g/mol. The van der Waals surface area contributed by atoms with Crippen LogP contribution in [0.5, 0.6) is 0 Å². The maximum absolute atomic E-state index is 11.2. The number of Topliss-reactive ketones (excluding diaryl/α,β-unsaturated/α-hetero) is 1. The first-order valence-corrected chi connectivity index (χ1v) is 4.57. The van der Waals surface area contributed by atoms with Gasteiger partial charge in [0.2, 0.25) is 5.91 Å². The van der Waals surface area contributed by atoms with E-state index < -0.39 is 0 Å². The van der Waals surface area contributed by atoms with Crippen LogP contribution >= 0.6 is 0 Å². The molecule has 1 aromatic heterocycles. The number of amides is 1. The topological polar surface area (TPSA) is 62.0 Å². The van der Waals surface area contributed by atoms with Crippen molar-refractivity contribution in [1.82, 2.24) is 10.3 Å². The Bertz CT molecular complexity index is 304. The van der Waals surface area contributed by atoms with E-state index in [0.29, 0.717) is 13.0 Å². The molecule has 0 aliphatic heterocycles. The molecule has 0 unspecified atom stereocenters. The summed E-state index contributed by atoms with van der Waals surface area (Å²) in [6.07, 6.45) is 2.39. The number of ketones is 1. The molecule has 76 valence electrons. The molecule has 0 saturated heterocycles. The van der Waals surface area contributed by atoms with Gasteiger partial charge in [0, 0.05) is 24.7 Å². The van der Waals surface area contributed by atoms with Crippen molar-refractivity contribution in [3.8, 4) is 0 Å². The van der Waals surface area contributed by atoms with Gasteiger partial charge in [-0.15, -0.1) is 0 Å². The zero-order valence-electron chi connectivity index (χ0n) is 8.17. The van der Waals surface area contributed by atoms with Crippen molar-refractivity contribution in [2.24, 2.45) is 0 Å². The van der Waals surface area contributed by atoms with Crippen LogP contribution in [-0.4, -0.2) is 16.7 Å². The van der Waals surface area contributed by atoms with E-state index in [9.17, 15) is 9.59 Å². The molecule has 0 atom stereocenters. The van der Waals surface area contributed by atoms with E-state index >= 15 is 0 Å². The van der Waals surface area contributed by atoms with Crippen molar-refractivity contribution < 1.29 is 9.59 Å². The number of rotatable bonds is 5. The van der Waals surface area contributed by atoms with Crippen molar-refractivity contribution in [3.05, 3.63) is 24.0 Å². The van der Waals surface area contributed by atoms with Gasteiger partial charge in [0.1, 0.15) is 5.78 Å². The average molecular weight is 194 g/mol. The summed E-state index contributed by atoms with van der Waals surface area (Å²) in [5.74, 6) is -0.0465. The van der Waals surface area contributed by atoms with Crippen LogP contribution in [0, 0.1) is 0 Å². The molecule has 2 N–H and O–H groups in total. The molecule has 0 radical (unpaired) electrons. The second kappa shape index (κ2) is 5.21. The van der Waals surface area contributed by atoms with Gasteiger partial charge in [-0.1, -0.05) is 0 Å². The highest BCUT2D eigenvalue weighted by Crippen LogP contribution is 1.95. The van der Waals surface area contributed by atoms with Gasteiger partial charge in [0.25, 0.3) is 0 Å². The first-order valence-electron chi connectivity index (χ1n) is 4.57. The number of hydrogen-bond acceptors (Lipinski definition) is 2. The Balaban J connectivity index is 2.18. The molecule has 14 heavy (non-hydrogen) atoms. The first kappa shape index (κ1) is 10.5. The van der Waals surface area contributed by atoms with Crippen LogP contribution in [0.25, 0.3) is 0 Å². The quantitative estimate of drug-likeness (QED) is 0.734. The lowest BCUT2D eigenvalue weighted by atomic mass is 10.2. The number of carbonyl (C=O) groups is 2. The second-order valence-corrected chi connectivity index (χ2v) is 3.17. The molecule has 1 aromatic rings. The molecule has 0 spiro atoms. The molecule has 0 saturated carbocycles. The zero-order chi connectivity index (χ0) is 10.4. The highest BCUT2D eigenvalue weighted by Gasteiger charge is 2.02. The van der Waals surface area contributed by atoms with Crippen molar-refractivity contribution in [3.63, 3.8) is 0 Å². The van der Waals surface area contributed by atoms with Crippen molar-refractivity contribution in [2.75, 3.05) is 0 Å². The summed E-state index contributed by atoms with van der Waals surface area (Å²) < 4.78 is 0. The van der Waals surface area contributed by atoms with E-state index in [1.165, 1.54) is 6.92 Å². The monoisotopic (exact) mass is 194 g/mol. The summed E-state index contributed by atoms with van der Waals surface area (Å²) in [7, 11) is 0. The summed E-state index contributed by atoms with van der Waals surface area (Å²) in [5, 5.41) is 2.72. The van der Waals surface area contributed by atoms with Crippen LogP contribution in [0.2, 0.25) is 0 Å². The molecule has 4 heteroatoms. The third-order valence-corrected chi connectivity index (χ3v) is 1.84. The smallest absolute Gasteiger partial charge is 0.220 e. The van der Waals surface area contributed by atoms with E-state index in [1.807, 2.05) is 12.1 Å². The van der Waals surface area contributed by atoms with Gasteiger partial charge in [-0.2, -0.15) is 0 Å². The summed E-state index contributed by atoms with van der Waals surface area (Å²) in [6, 6.07) is 3.77. The first-order chi connectivity index (χ1) is 6.68. The predicted molar refractivity (Wildman–Crippen MR) is 52.6 cm³/mol. The minimum Gasteiger partial charge on any atom is -0.364 e. The van der Waals surface area contributed by atoms with Crippen LogP contribution in [0.4, 0.5) is 0 Å². The number of H-pyrrole nitrogens is 1. The normalized spacial score (nSPS) is 9.79. The van der Waals surface area contributed by atoms with E-state index in [0.717, 1.165) is 5.69 Å². The Hall–Kier alpha value is -1.58. The fourth-order valence-corrected chi connectivity index (χ4v) is 1.05. The standard InChI is InChI=1S/C10H14N2O2/c1-8(13)4-5-10(14)12-7-9-3-2-6-11-9/h2-3,6,11H,4-5,7H2,1H3,(H,12,14). The van der Waals surface area contributed by atoms with Crippen molar-refractivity contribution in [1.29, 1.82) is 0 Å².